The maximum Gasteiger partial charge on any atom is 0.307 e. The third-order valence-corrected chi connectivity index (χ3v) is 4.73. The van der Waals surface area contributed by atoms with Gasteiger partial charge in [-0.2, -0.15) is 5.10 Å². The van der Waals surface area contributed by atoms with Crippen LogP contribution < -0.4 is 5.56 Å². The zero-order chi connectivity index (χ0) is 21.4. The zero-order valence-corrected chi connectivity index (χ0v) is 17.8. The van der Waals surface area contributed by atoms with E-state index in [4.69, 9.17) is 4.74 Å². The minimum Gasteiger partial charge on any atom is -0.469 e. The van der Waals surface area contributed by atoms with Crippen LogP contribution in [0.15, 0.2) is 29.1 Å². The van der Waals surface area contributed by atoms with Gasteiger partial charge in [0.1, 0.15) is 0 Å². The van der Waals surface area contributed by atoms with E-state index in [9.17, 15) is 14.4 Å². The number of benzene rings is 1. The number of hydrogen-bond donors (Lipinski definition) is 0. The molecule has 0 N–H and O–H groups in total. The number of ether oxygens (including phenoxy) is 1. The molecule has 2 rings (SSSR count). The molecule has 0 fully saturated rings. The van der Waals surface area contributed by atoms with Crippen molar-refractivity contribution >= 4 is 22.6 Å². The van der Waals surface area contributed by atoms with Crippen LogP contribution in [0.2, 0.25) is 0 Å². The highest BCUT2D eigenvalue weighted by molar-refractivity contribution is 6.04. The fraction of sp³-hybridized carbons (Fsp3) is 0.545. The second-order valence-corrected chi connectivity index (χ2v) is 7.60. The van der Waals surface area contributed by atoms with E-state index in [1.807, 2.05) is 13.8 Å². The summed E-state index contributed by atoms with van der Waals surface area (Å²) in [5.74, 6) is -0.421. The highest BCUT2D eigenvalue weighted by atomic mass is 16.5. The van der Waals surface area contributed by atoms with Gasteiger partial charge in [0.05, 0.1) is 18.9 Å². The van der Waals surface area contributed by atoms with E-state index >= 15 is 0 Å². The first kappa shape index (κ1) is 22.6. The van der Waals surface area contributed by atoms with Crippen LogP contribution in [-0.2, 0) is 16.1 Å². The summed E-state index contributed by atoms with van der Waals surface area (Å²) in [4.78, 5) is 39.4. The molecule has 158 valence electrons. The van der Waals surface area contributed by atoms with Gasteiger partial charge in [0.25, 0.3) is 11.5 Å². The van der Waals surface area contributed by atoms with Crippen LogP contribution >= 0.6 is 0 Å². The van der Waals surface area contributed by atoms with Crippen molar-refractivity contribution in [1.29, 1.82) is 0 Å². The van der Waals surface area contributed by atoms with Crippen LogP contribution in [0.5, 0.6) is 0 Å². The number of amides is 1. The average molecular weight is 402 g/mol. The molecule has 1 heterocycles. The summed E-state index contributed by atoms with van der Waals surface area (Å²) < 4.78 is 6.11. The SMILES string of the molecule is CCCCCn1nc(C(=O)N(CCC(=O)OC)CC(C)C)c2ccccc2c1=O. The number of unbranched alkanes of at least 4 members (excludes halogenated alkanes) is 2. The first-order valence-electron chi connectivity index (χ1n) is 10.2. The van der Waals surface area contributed by atoms with E-state index in [1.54, 1.807) is 29.2 Å². The van der Waals surface area contributed by atoms with E-state index in [0.29, 0.717) is 23.9 Å². The lowest BCUT2D eigenvalue weighted by molar-refractivity contribution is -0.140. The fourth-order valence-corrected chi connectivity index (χ4v) is 3.25. The molecule has 0 saturated carbocycles. The summed E-state index contributed by atoms with van der Waals surface area (Å²) in [5, 5.41) is 5.47. The van der Waals surface area contributed by atoms with Crippen molar-refractivity contribution in [2.24, 2.45) is 5.92 Å². The van der Waals surface area contributed by atoms with Crippen molar-refractivity contribution in [2.45, 2.75) is 53.0 Å². The van der Waals surface area contributed by atoms with Gasteiger partial charge in [-0.25, -0.2) is 4.68 Å². The molecule has 0 atom stereocenters. The van der Waals surface area contributed by atoms with E-state index in [0.717, 1.165) is 19.3 Å². The lowest BCUT2D eigenvalue weighted by Crippen LogP contribution is -2.38. The second kappa shape index (κ2) is 10.7. The van der Waals surface area contributed by atoms with Crippen molar-refractivity contribution in [2.75, 3.05) is 20.2 Å². The predicted molar refractivity (Wildman–Crippen MR) is 113 cm³/mol. The monoisotopic (exact) mass is 401 g/mol. The molecule has 0 aliphatic carbocycles. The molecule has 0 saturated heterocycles. The van der Waals surface area contributed by atoms with Crippen LogP contribution in [0, 0.1) is 5.92 Å². The molecule has 7 heteroatoms. The first-order chi connectivity index (χ1) is 13.9. The summed E-state index contributed by atoms with van der Waals surface area (Å²) in [6, 6.07) is 7.06. The smallest absolute Gasteiger partial charge is 0.307 e. The first-order valence-corrected chi connectivity index (χ1v) is 10.2. The number of rotatable bonds is 10. The number of nitrogens with zero attached hydrogens (tertiary/aromatic N) is 3. The van der Waals surface area contributed by atoms with Crippen molar-refractivity contribution in [3.05, 3.63) is 40.3 Å². The van der Waals surface area contributed by atoms with Crippen LogP contribution in [-0.4, -0.2) is 46.8 Å². The molecule has 0 radical (unpaired) electrons. The highest BCUT2D eigenvalue weighted by Crippen LogP contribution is 2.17. The van der Waals surface area contributed by atoms with Crippen LogP contribution in [0.1, 0.15) is 56.9 Å². The summed E-state index contributed by atoms with van der Waals surface area (Å²) in [6.45, 7) is 7.32. The molecule has 0 bridgehead atoms. The Kier molecular flexibility index (Phi) is 8.36. The van der Waals surface area contributed by atoms with Crippen molar-refractivity contribution in [3.63, 3.8) is 0 Å². The quantitative estimate of drug-likeness (QED) is 0.451. The standard InChI is InChI=1S/C22H31N3O4/c1-5-6-9-13-25-21(27)18-11-8-7-10-17(18)20(23-25)22(28)24(15-16(2)3)14-12-19(26)29-4/h7-8,10-11,16H,5-6,9,12-15H2,1-4H3. The largest absolute Gasteiger partial charge is 0.469 e. The second-order valence-electron chi connectivity index (χ2n) is 7.60. The van der Waals surface area contributed by atoms with E-state index in [1.165, 1.54) is 11.8 Å². The lowest BCUT2D eigenvalue weighted by atomic mass is 10.1. The van der Waals surface area contributed by atoms with Gasteiger partial charge in [0.2, 0.25) is 0 Å². The molecule has 0 unspecified atom stereocenters. The van der Waals surface area contributed by atoms with Gasteiger partial charge in [0, 0.05) is 25.0 Å². The Labute approximate surface area is 171 Å². The Bertz CT molecular complexity index is 905. The van der Waals surface area contributed by atoms with E-state index in [-0.39, 0.29) is 42.0 Å². The summed E-state index contributed by atoms with van der Waals surface area (Å²) in [6.07, 6.45) is 2.96. The maximum atomic E-state index is 13.4. The van der Waals surface area contributed by atoms with Gasteiger partial charge < -0.3 is 9.64 Å². The van der Waals surface area contributed by atoms with Gasteiger partial charge in [0.15, 0.2) is 5.69 Å². The Morgan fingerprint density at radius 1 is 1.17 bits per heavy atom. The number of aryl methyl sites for hydroxylation is 1. The Balaban J connectivity index is 2.46. The molecule has 2 aromatic rings. The molecule has 29 heavy (non-hydrogen) atoms. The number of esters is 1. The number of hydrogen-bond acceptors (Lipinski definition) is 5. The van der Waals surface area contributed by atoms with Gasteiger partial charge in [-0.1, -0.05) is 51.8 Å². The molecular weight excluding hydrogens is 370 g/mol. The Morgan fingerprint density at radius 3 is 2.48 bits per heavy atom. The highest BCUT2D eigenvalue weighted by Gasteiger charge is 2.23. The minimum atomic E-state index is -0.367. The van der Waals surface area contributed by atoms with E-state index < -0.39 is 0 Å². The Hall–Kier alpha value is -2.70. The topological polar surface area (TPSA) is 81.5 Å². The average Bonchev–Trinajstić information content (AvgIpc) is 2.72. The van der Waals surface area contributed by atoms with Gasteiger partial charge in [-0.3, -0.25) is 14.4 Å². The molecule has 7 nitrogen and oxygen atoms in total. The predicted octanol–water partition coefficient (Wildman–Crippen LogP) is 3.25. The zero-order valence-electron chi connectivity index (χ0n) is 17.8. The number of carbonyl (C=O) groups excluding carboxylic acids is 2. The van der Waals surface area contributed by atoms with Crippen molar-refractivity contribution in [1.82, 2.24) is 14.7 Å². The van der Waals surface area contributed by atoms with Crippen LogP contribution in [0.4, 0.5) is 0 Å². The van der Waals surface area contributed by atoms with Crippen molar-refractivity contribution in [3.8, 4) is 0 Å². The molecule has 1 aromatic heterocycles. The number of fused-ring (bicyclic) bond motifs is 1. The molecule has 1 aromatic carbocycles. The molecule has 1 amide bonds. The molecule has 0 aliphatic heterocycles. The molecular formula is C22H31N3O4. The van der Waals surface area contributed by atoms with Crippen LogP contribution in [0.3, 0.4) is 0 Å². The van der Waals surface area contributed by atoms with Crippen molar-refractivity contribution < 1.29 is 14.3 Å². The Morgan fingerprint density at radius 2 is 1.86 bits per heavy atom. The number of aromatic nitrogens is 2. The maximum absolute atomic E-state index is 13.4. The minimum absolute atomic E-state index is 0.114. The van der Waals surface area contributed by atoms with Gasteiger partial charge in [-0.15, -0.1) is 0 Å². The summed E-state index contributed by atoms with van der Waals surface area (Å²) >= 11 is 0. The summed E-state index contributed by atoms with van der Waals surface area (Å²) in [5.41, 5.74) is 0.0698. The molecule has 0 spiro atoms. The van der Waals surface area contributed by atoms with Gasteiger partial charge in [-0.05, 0) is 18.4 Å². The van der Waals surface area contributed by atoms with E-state index in [2.05, 4.69) is 12.0 Å². The normalized spacial score (nSPS) is 11.1. The number of methoxy groups -OCH3 is 1. The van der Waals surface area contributed by atoms with Crippen LogP contribution in [0.25, 0.3) is 10.8 Å². The third kappa shape index (κ3) is 5.89. The fourth-order valence-electron chi connectivity index (χ4n) is 3.25. The summed E-state index contributed by atoms with van der Waals surface area (Å²) in [7, 11) is 1.33. The number of carbonyl (C=O) groups is 2. The third-order valence-electron chi connectivity index (χ3n) is 4.73. The lowest BCUT2D eigenvalue weighted by Gasteiger charge is -2.24. The van der Waals surface area contributed by atoms with Gasteiger partial charge >= 0.3 is 5.97 Å². The molecule has 0 aliphatic rings.